The Balaban J connectivity index is 1.57. The SMILES string of the molecule is CC(C)(C)NS(=O)(=O)N1CCCc2c(NC(=O)[C@H](Cc3ccccc3)NC(=O)C3CCCCC3)cccc21. The molecular formula is C29H40N4O4S. The molecule has 1 saturated carbocycles. The normalized spacial score (nSPS) is 17.4. The summed E-state index contributed by atoms with van der Waals surface area (Å²) in [6.07, 6.45) is 6.57. The minimum Gasteiger partial charge on any atom is -0.344 e. The van der Waals surface area contributed by atoms with Gasteiger partial charge in [0.05, 0.1) is 5.69 Å². The van der Waals surface area contributed by atoms with Gasteiger partial charge in [-0.2, -0.15) is 13.1 Å². The maximum Gasteiger partial charge on any atom is 0.302 e. The van der Waals surface area contributed by atoms with E-state index >= 15 is 0 Å². The summed E-state index contributed by atoms with van der Waals surface area (Å²) >= 11 is 0. The summed E-state index contributed by atoms with van der Waals surface area (Å²) in [5, 5.41) is 6.05. The number of carbonyl (C=O) groups is 2. The second-order valence-electron chi connectivity index (χ2n) is 11.4. The van der Waals surface area contributed by atoms with Gasteiger partial charge in [0.2, 0.25) is 11.8 Å². The van der Waals surface area contributed by atoms with E-state index in [4.69, 9.17) is 0 Å². The van der Waals surface area contributed by atoms with Gasteiger partial charge in [-0.1, -0.05) is 55.7 Å². The second kappa shape index (κ2) is 11.9. The molecule has 0 spiro atoms. The first-order valence-corrected chi connectivity index (χ1v) is 15.1. The van der Waals surface area contributed by atoms with Crippen LogP contribution in [0.2, 0.25) is 0 Å². The van der Waals surface area contributed by atoms with Crippen LogP contribution in [0.15, 0.2) is 48.5 Å². The molecule has 1 heterocycles. The molecule has 0 aromatic heterocycles. The fourth-order valence-electron chi connectivity index (χ4n) is 5.33. The van der Waals surface area contributed by atoms with E-state index in [0.29, 0.717) is 37.2 Å². The third-order valence-corrected chi connectivity index (χ3v) is 8.91. The zero-order chi connectivity index (χ0) is 27.3. The van der Waals surface area contributed by atoms with E-state index in [-0.39, 0.29) is 17.7 Å². The Hall–Kier alpha value is -2.91. The Labute approximate surface area is 226 Å². The van der Waals surface area contributed by atoms with Gasteiger partial charge in [0.15, 0.2) is 0 Å². The molecule has 0 unspecified atom stereocenters. The molecule has 4 rings (SSSR count). The van der Waals surface area contributed by atoms with Crippen LogP contribution in [0.5, 0.6) is 0 Å². The minimum atomic E-state index is -3.77. The lowest BCUT2D eigenvalue weighted by atomic mass is 9.88. The Morgan fingerprint density at radius 2 is 1.68 bits per heavy atom. The van der Waals surface area contributed by atoms with E-state index in [1.807, 2.05) is 30.3 Å². The molecule has 0 saturated heterocycles. The molecule has 2 aromatic rings. The summed E-state index contributed by atoms with van der Waals surface area (Å²) in [6.45, 7) is 5.78. The van der Waals surface area contributed by atoms with Crippen molar-refractivity contribution >= 4 is 33.4 Å². The second-order valence-corrected chi connectivity index (χ2v) is 13.0. The van der Waals surface area contributed by atoms with Gasteiger partial charge in [-0.25, -0.2) is 0 Å². The van der Waals surface area contributed by atoms with Crippen molar-refractivity contribution in [2.45, 2.75) is 83.7 Å². The van der Waals surface area contributed by atoms with Crippen molar-refractivity contribution in [1.82, 2.24) is 10.0 Å². The lowest BCUT2D eigenvalue weighted by Gasteiger charge is -2.34. The first-order valence-electron chi connectivity index (χ1n) is 13.6. The van der Waals surface area contributed by atoms with Gasteiger partial charge in [0.25, 0.3) is 0 Å². The average Bonchev–Trinajstić information content (AvgIpc) is 2.88. The summed E-state index contributed by atoms with van der Waals surface area (Å²) in [6, 6.07) is 14.2. The number of nitrogens with zero attached hydrogens (tertiary/aromatic N) is 1. The van der Waals surface area contributed by atoms with Crippen LogP contribution in [0.25, 0.3) is 0 Å². The molecule has 1 aliphatic heterocycles. The van der Waals surface area contributed by atoms with E-state index in [1.165, 1.54) is 4.31 Å². The average molecular weight is 541 g/mol. The number of benzene rings is 2. The van der Waals surface area contributed by atoms with Crippen LogP contribution < -0.4 is 19.7 Å². The first-order chi connectivity index (χ1) is 18.0. The molecule has 38 heavy (non-hydrogen) atoms. The predicted molar refractivity (Wildman–Crippen MR) is 151 cm³/mol. The molecule has 0 radical (unpaired) electrons. The Kier molecular flexibility index (Phi) is 8.78. The van der Waals surface area contributed by atoms with Gasteiger partial charge < -0.3 is 10.6 Å². The summed E-state index contributed by atoms with van der Waals surface area (Å²) in [4.78, 5) is 26.7. The highest BCUT2D eigenvalue weighted by molar-refractivity contribution is 7.90. The zero-order valence-corrected chi connectivity index (χ0v) is 23.4. The van der Waals surface area contributed by atoms with Crippen molar-refractivity contribution in [3.8, 4) is 0 Å². The molecule has 0 bridgehead atoms. The Morgan fingerprint density at radius 1 is 0.974 bits per heavy atom. The molecule has 1 atom stereocenters. The molecule has 2 aromatic carbocycles. The number of anilines is 2. The predicted octanol–water partition coefficient (Wildman–Crippen LogP) is 4.32. The van der Waals surface area contributed by atoms with Gasteiger partial charge >= 0.3 is 10.2 Å². The van der Waals surface area contributed by atoms with E-state index in [2.05, 4.69) is 15.4 Å². The molecule has 206 valence electrons. The lowest BCUT2D eigenvalue weighted by molar-refractivity contribution is -0.130. The minimum absolute atomic E-state index is 0.0617. The van der Waals surface area contributed by atoms with Crippen LogP contribution in [0.3, 0.4) is 0 Å². The summed E-state index contributed by atoms with van der Waals surface area (Å²) in [7, 11) is -3.77. The van der Waals surface area contributed by atoms with Crippen molar-refractivity contribution in [2.24, 2.45) is 5.92 Å². The maximum absolute atomic E-state index is 13.6. The Morgan fingerprint density at radius 3 is 2.37 bits per heavy atom. The molecule has 9 heteroatoms. The highest BCUT2D eigenvalue weighted by atomic mass is 32.2. The van der Waals surface area contributed by atoms with Crippen LogP contribution in [0, 0.1) is 5.92 Å². The van der Waals surface area contributed by atoms with E-state index < -0.39 is 21.8 Å². The third-order valence-electron chi connectivity index (χ3n) is 7.08. The van der Waals surface area contributed by atoms with Crippen LogP contribution in [-0.4, -0.2) is 38.4 Å². The van der Waals surface area contributed by atoms with Crippen molar-refractivity contribution in [1.29, 1.82) is 0 Å². The molecular weight excluding hydrogens is 500 g/mol. The molecule has 1 fully saturated rings. The first kappa shape index (κ1) is 28.1. The third kappa shape index (κ3) is 7.14. The summed E-state index contributed by atoms with van der Waals surface area (Å²) < 4.78 is 30.4. The number of hydrogen-bond acceptors (Lipinski definition) is 4. The van der Waals surface area contributed by atoms with Gasteiger partial charge in [-0.3, -0.25) is 13.9 Å². The van der Waals surface area contributed by atoms with E-state index in [9.17, 15) is 18.0 Å². The molecule has 2 amide bonds. The lowest BCUT2D eigenvalue weighted by Crippen LogP contribution is -2.50. The highest BCUT2D eigenvalue weighted by Crippen LogP contribution is 2.34. The number of fused-ring (bicyclic) bond motifs is 1. The van der Waals surface area contributed by atoms with Crippen molar-refractivity contribution < 1.29 is 18.0 Å². The maximum atomic E-state index is 13.6. The molecule has 1 aliphatic carbocycles. The zero-order valence-electron chi connectivity index (χ0n) is 22.6. The van der Waals surface area contributed by atoms with Gasteiger partial charge in [-0.15, -0.1) is 0 Å². The fraction of sp³-hybridized carbons (Fsp3) is 0.517. The monoisotopic (exact) mass is 540 g/mol. The van der Waals surface area contributed by atoms with Crippen LogP contribution in [0.1, 0.15) is 70.4 Å². The van der Waals surface area contributed by atoms with Gasteiger partial charge in [0, 0.05) is 35.7 Å². The number of carbonyl (C=O) groups excluding carboxylic acids is 2. The number of rotatable bonds is 8. The fourth-order valence-corrected chi connectivity index (χ4v) is 7.02. The number of hydrogen-bond donors (Lipinski definition) is 3. The molecule has 2 aliphatic rings. The number of nitrogens with one attached hydrogen (secondary N) is 3. The van der Waals surface area contributed by atoms with Gasteiger partial charge in [0.1, 0.15) is 6.04 Å². The summed E-state index contributed by atoms with van der Waals surface area (Å²) in [5.74, 6) is -0.436. The molecule has 3 N–H and O–H groups in total. The van der Waals surface area contributed by atoms with Crippen LogP contribution >= 0.6 is 0 Å². The molecule has 8 nitrogen and oxygen atoms in total. The van der Waals surface area contributed by atoms with E-state index in [1.54, 1.807) is 39.0 Å². The van der Waals surface area contributed by atoms with Crippen LogP contribution in [-0.2, 0) is 32.6 Å². The van der Waals surface area contributed by atoms with Gasteiger partial charge in [-0.05, 0) is 64.2 Å². The van der Waals surface area contributed by atoms with Crippen molar-refractivity contribution in [2.75, 3.05) is 16.2 Å². The Bertz CT molecular complexity index is 1230. The van der Waals surface area contributed by atoms with Crippen molar-refractivity contribution in [3.05, 3.63) is 59.7 Å². The largest absolute Gasteiger partial charge is 0.344 e. The smallest absolute Gasteiger partial charge is 0.302 e. The van der Waals surface area contributed by atoms with Crippen LogP contribution in [0.4, 0.5) is 11.4 Å². The van der Waals surface area contributed by atoms with E-state index in [0.717, 1.165) is 43.2 Å². The summed E-state index contributed by atoms with van der Waals surface area (Å²) in [5.41, 5.74) is 2.26. The number of amides is 2. The topological polar surface area (TPSA) is 108 Å². The van der Waals surface area contributed by atoms with Crippen molar-refractivity contribution in [3.63, 3.8) is 0 Å². The quantitative estimate of drug-likeness (QED) is 0.464. The standard InChI is InChI=1S/C29H40N4O4S/c1-29(2,3)32-38(36,37)33-19-11-16-23-24(17-10-18-26(23)33)30-28(35)25(20-21-12-6-4-7-13-21)31-27(34)22-14-8-5-9-15-22/h4,6-7,10,12-13,17-18,22,25,32H,5,8-9,11,14-16,19-20H2,1-3H3,(H,30,35)(H,31,34)/t25-/m0/s1. The highest BCUT2D eigenvalue weighted by Gasteiger charge is 2.33.